The first-order valence-corrected chi connectivity index (χ1v) is 7.50. The summed E-state index contributed by atoms with van der Waals surface area (Å²) in [5.41, 5.74) is 4.67. The van der Waals surface area contributed by atoms with E-state index in [4.69, 9.17) is 4.74 Å². The minimum Gasteiger partial charge on any atom is -0.462 e. The maximum Gasteiger partial charge on any atom is 0.338 e. The average Bonchev–Trinajstić information content (AvgIpc) is 2.93. The molecule has 0 aliphatic carbocycles. The fourth-order valence-electron chi connectivity index (χ4n) is 2.56. The molecule has 23 heavy (non-hydrogen) atoms. The van der Waals surface area contributed by atoms with Gasteiger partial charge in [0.05, 0.1) is 30.2 Å². The van der Waals surface area contributed by atoms with E-state index in [9.17, 15) is 9.90 Å². The number of imidazole rings is 1. The lowest BCUT2D eigenvalue weighted by Gasteiger charge is -2.04. The van der Waals surface area contributed by atoms with Crippen LogP contribution in [0.3, 0.4) is 0 Å². The van der Waals surface area contributed by atoms with Gasteiger partial charge in [-0.25, -0.2) is 9.78 Å². The molecule has 0 unspecified atom stereocenters. The Kier molecular flexibility index (Phi) is 4.12. The topological polar surface area (TPSA) is 63.8 Å². The Morgan fingerprint density at radius 2 is 1.96 bits per heavy atom. The normalized spacial score (nSPS) is 10.9. The lowest BCUT2D eigenvalue weighted by molar-refractivity contribution is 0.0526. The molecule has 0 aliphatic rings. The number of pyridine rings is 1. The molecule has 2 aromatic heterocycles. The minimum atomic E-state index is -0.341. The number of esters is 1. The van der Waals surface area contributed by atoms with Gasteiger partial charge in [-0.1, -0.05) is 18.2 Å². The lowest BCUT2D eigenvalue weighted by atomic mass is 10.1. The molecule has 3 rings (SSSR count). The number of hydrogen-bond donors (Lipinski definition) is 1. The van der Waals surface area contributed by atoms with Crippen molar-refractivity contribution in [1.29, 1.82) is 0 Å². The van der Waals surface area contributed by atoms with E-state index in [0.717, 1.165) is 22.5 Å². The van der Waals surface area contributed by atoms with Crippen molar-refractivity contribution < 1.29 is 14.6 Å². The highest BCUT2D eigenvalue weighted by Crippen LogP contribution is 2.25. The Hall–Kier alpha value is -2.66. The van der Waals surface area contributed by atoms with Crippen LogP contribution in [0.4, 0.5) is 0 Å². The second-order valence-corrected chi connectivity index (χ2v) is 5.30. The van der Waals surface area contributed by atoms with Crippen LogP contribution in [-0.2, 0) is 11.3 Å². The van der Waals surface area contributed by atoms with Gasteiger partial charge in [0.15, 0.2) is 0 Å². The zero-order valence-corrected chi connectivity index (χ0v) is 13.1. The van der Waals surface area contributed by atoms with Crippen LogP contribution >= 0.6 is 0 Å². The quantitative estimate of drug-likeness (QED) is 0.752. The van der Waals surface area contributed by atoms with Crippen molar-refractivity contribution in [1.82, 2.24) is 9.38 Å². The fraction of sp³-hybridized carbons (Fsp3) is 0.222. The SMILES string of the molecule is CCOC(=O)c1ccc(-c2nc3ccc(C)cn3c2CO)cc1. The number of fused-ring (bicyclic) bond motifs is 1. The van der Waals surface area contributed by atoms with Crippen LogP contribution in [0.25, 0.3) is 16.9 Å². The lowest BCUT2D eigenvalue weighted by Crippen LogP contribution is -2.04. The van der Waals surface area contributed by atoms with Crippen molar-refractivity contribution >= 4 is 11.6 Å². The van der Waals surface area contributed by atoms with Crippen LogP contribution in [-0.4, -0.2) is 27.1 Å². The van der Waals surface area contributed by atoms with Crippen molar-refractivity contribution in [2.45, 2.75) is 20.5 Å². The smallest absolute Gasteiger partial charge is 0.338 e. The van der Waals surface area contributed by atoms with E-state index in [2.05, 4.69) is 4.98 Å². The van der Waals surface area contributed by atoms with Crippen molar-refractivity contribution in [2.75, 3.05) is 6.61 Å². The zero-order valence-electron chi connectivity index (χ0n) is 13.1. The highest BCUT2D eigenvalue weighted by molar-refractivity contribution is 5.90. The van der Waals surface area contributed by atoms with Gasteiger partial charge in [-0.15, -0.1) is 0 Å². The second kappa shape index (κ2) is 6.22. The highest BCUT2D eigenvalue weighted by atomic mass is 16.5. The number of nitrogens with zero attached hydrogens (tertiary/aromatic N) is 2. The third-order valence-corrected chi connectivity index (χ3v) is 3.68. The van der Waals surface area contributed by atoms with Gasteiger partial charge < -0.3 is 14.2 Å². The third kappa shape index (κ3) is 2.83. The number of aliphatic hydroxyl groups excluding tert-OH is 1. The van der Waals surface area contributed by atoms with Crippen LogP contribution in [0.1, 0.15) is 28.5 Å². The number of carbonyl (C=O) groups excluding carboxylic acids is 1. The zero-order chi connectivity index (χ0) is 16.4. The summed E-state index contributed by atoms with van der Waals surface area (Å²) < 4.78 is 6.87. The Labute approximate surface area is 134 Å². The van der Waals surface area contributed by atoms with Gasteiger partial charge in [0.2, 0.25) is 0 Å². The van der Waals surface area contributed by atoms with Gasteiger partial charge in [-0.05, 0) is 37.6 Å². The molecule has 1 N–H and O–H groups in total. The van der Waals surface area contributed by atoms with Crippen molar-refractivity contribution in [3.63, 3.8) is 0 Å². The van der Waals surface area contributed by atoms with E-state index in [1.807, 2.05) is 41.8 Å². The van der Waals surface area contributed by atoms with Crippen molar-refractivity contribution in [2.24, 2.45) is 0 Å². The summed E-state index contributed by atoms with van der Waals surface area (Å²) in [6, 6.07) is 11.0. The van der Waals surface area contributed by atoms with Gasteiger partial charge in [0, 0.05) is 11.8 Å². The monoisotopic (exact) mass is 310 g/mol. The number of benzene rings is 1. The molecule has 0 saturated carbocycles. The fourth-order valence-corrected chi connectivity index (χ4v) is 2.56. The van der Waals surface area contributed by atoms with Gasteiger partial charge in [-0.3, -0.25) is 0 Å². The summed E-state index contributed by atoms with van der Waals surface area (Å²) in [6.07, 6.45) is 1.95. The van der Waals surface area contributed by atoms with Crippen LogP contribution < -0.4 is 0 Å². The summed E-state index contributed by atoms with van der Waals surface area (Å²) in [6.45, 7) is 4.01. The first-order valence-electron chi connectivity index (χ1n) is 7.50. The maximum atomic E-state index is 11.7. The van der Waals surface area contributed by atoms with E-state index in [1.165, 1.54) is 0 Å². The predicted octanol–water partition coefficient (Wildman–Crippen LogP) is 2.98. The largest absolute Gasteiger partial charge is 0.462 e. The van der Waals surface area contributed by atoms with E-state index >= 15 is 0 Å². The Morgan fingerprint density at radius 3 is 2.61 bits per heavy atom. The molecule has 0 spiro atoms. The second-order valence-electron chi connectivity index (χ2n) is 5.30. The summed E-state index contributed by atoms with van der Waals surface area (Å²) in [4.78, 5) is 16.3. The van der Waals surface area contributed by atoms with Crippen LogP contribution in [0.5, 0.6) is 0 Å². The number of aliphatic hydroxyl groups is 1. The van der Waals surface area contributed by atoms with Gasteiger partial charge in [-0.2, -0.15) is 0 Å². The molecule has 0 atom stereocenters. The summed E-state index contributed by atoms with van der Waals surface area (Å²) in [7, 11) is 0. The molecule has 0 fully saturated rings. The molecule has 3 aromatic rings. The van der Waals surface area contributed by atoms with E-state index in [1.54, 1.807) is 19.1 Å². The molecular weight excluding hydrogens is 292 g/mol. The molecule has 0 aliphatic heterocycles. The van der Waals surface area contributed by atoms with E-state index < -0.39 is 0 Å². The molecule has 0 amide bonds. The van der Waals surface area contributed by atoms with Crippen molar-refractivity contribution in [3.05, 3.63) is 59.4 Å². The Balaban J connectivity index is 2.04. The number of aromatic nitrogens is 2. The molecule has 2 heterocycles. The molecule has 0 saturated heterocycles. The summed E-state index contributed by atoms with van der Waals surface area (Å²) in [5, 5.41) is 9.74. The van der Waals surface area contributed by atoms with Gasteiger partial charge in [0.1, 0.15) is 5.65 Å². The summed E-state index contributed by atoms with van der Waals surface area (Å²) in [5.74, 6) is -0.341. The standard InChI is InChI=1S/C18H18N2O3/c1-3-23-18(22)14-7-5-13(6-8-14)17-15(11-21)20-10-12(2)4-9-16(20)19-17/h4-10,21H,3,11H2,1-2H3. The average molecular weight is 310 g/mol. The van der Waals surface area contributed by atoms with Crippen LogP contribution in [0.2, 0.25) is 0 Å². The molecular formula is C18H18N2O3. The van der Waals surface area contributed by atoms with Crippen LogP contribution in [0.15, 0.2) is 42.6 Å². The maximum absolute atomic E-state index is 11.7. The number of carbonyl (C=O) groups is 1. The first kappa shape index (κ1) is 15.2. The summed E-state index contributed by atoms with van der Waals surface area (Å²) >= 11 is 0. The third-order valence-electron chi connectivity index (χ3n) is 3.68. The van der Waals surface area contributed by atoms with E-state index in [0.29, 0.717) is 17.9 Å². The van der Waals surface area contributed by atoms with Crippen molar-refractivity contribution in [3.8, 4) is 11.3 Å². The van der Waals surface area contributed by atoms with Gasteiger partial charge in [0.25, 0.3) is 0 Å². The van der Waals surface area contributed by atoms with Gasteiger partial charge >= 0.3 is 5.97 Å². The number of rotatable bonds is 4. The predicted molar refractivity (Wildman–Crippen MR) is 87.2 cm³/mol. The highest BCUT2D eigenvalue weighted by Gasteiger charge is 2.14. The number of ether oxygens (including phenoxy) is 1. The molecule has 0 radical (unpaired) electrons. The Morgan fingerprint density at radius 1 is 1.22 bits per heavy atom. The molecule has 118 valence electrons. The minimum absolute atomic E-state index is 0.112. The first-order chi connectivity index (χ1) is 11.1. The number of hydrogen-bond acceptors (Lipinski definition) is 4. The molecule has 1 aromatic carbocycles. The number of aryl methyl sites for hydroxylation is 1. The van der Waals surface area contributed by atoms with Crippen LogP contribution in [0, 0.1) is 6.92 Å². The molecule has 5 heteroatoms. The molecule has 0 bridgehead atoms. The molecule has 5 nitrogen and oxygen atoms in total. The van der Waals surface area contributed by atoms with E-state index in [-0.39, 0.29) is 12.6 Å². The Bertz CT molecular complexity index is 851.